The molecule has 0 aromatic heterocycles. The van der Waals surface area contributed by atoms with Gasteiger partial charge in [-0.05, 0) is 36.7 Å². The molecule has 0 aliphatic heterocycles. The fraction of sp³-hybridized carbons (Fsp3) is 0.611. The number of amides is 1. The number of alkyl halides is 1. The number of benzene rings is 1. The minimum Gasteiger partial charge on any atom is -0.350 e. The van der Waals surface area contributed by atoms with Crippen LogP contribution in [0.5, 0.6) is 0 Å². The molecule has 1 aromatic rings. The van der Waals surface area contributed by atoms with Crippen LogP contribution in [0.1, 0.15) is 50.5 Å². The van der Waals surface area contributed by atoms with Crippen molar-refractivity contribution in [3.05, 3.63) is 35.9 Å². The van der Waals surface area contributed by atoms with Gasteiger partial charge in [-0.1, -0.05) is 66.0 Å². The molecule has 1 amide bonds. The molecule has 21 heavy (non-hydrogen) atoms. The Kier molecular flexibility index (Phi) is 4.39. The zero-order valence-corrected chi connectivity index (χ0v) is 14.2. The molecule has 2 aliphatic rings. The molecular weight excluding hydrogens is 326 g/mol. The monoisotopic (exact) mass is 349 g/mol. The highest BCUT2D eigenvalue weighted by atomic mass is 79.9. The van der Waals surface area contributed by atoms with Crippen LogP contribution in [0.25, 0.3) is 0 Å². The summed E-state index contributed by atoms with van der Waals surface area (Å²) in [5.74, 6) is 1.58. The molecule has 114 valence electrons. The van der Waals surface area contributed by atoms with Gasteiger partial charge in [-0.25, -0.2) is 0 Å². The highest BCUT2D eigenvalue weighted by Crippen LogP contribution is 2.48. The maximum absolute atomic E-state index is 12.6. The molecule has 2 saturated carbocycles. The van der Waals surface area contributed by atoms with Gasteiger partial charge in [0.25, 0.3) is 0 Å². The molecule has 4 unspecified atom stereocenters. The first-order chi connectivity index (χ1) is 10.1. The molecule has 2 aliphatic carbocycles. The van der Waals surface area contributed by atoms with Crippen molar-refractivity contribution < 1.29 is 4.79 Å². The van der Waals surface area contributed by atoms with Crippen LogP contribution in [0.15, 0.2) is 30.3 Å². The van der Waals surface area contributed by atoms with Crippen LogP contribution in [0.2, 0.25) is 0 Å². The number of carbonyl (C=O) groups excluding carboxylic acids is 1. The van der Waals surface area contributed by atoms with Crippen LogP contribution in [-0.4, -0.2) is 16.8 Å². The Morgan fingerprint density at radius 3 is 2.81 bits per heavy atom. The van der Waals surface area contributed by atoms with Crippen molar-refractivity contribution in [1.29, 1.82) is 0 Å². The van der Waals surface area contributed by atoms with Crippen LogP contribution in [0.4, 0.5) is 0 Å². The van der Waals surface area contributed by atoms with Gasteiger partial charge in [0.2, 0.25) is 5.91 Å². The lowest BCUT2D eigenvalue weighted by Crippen LogP contribution is -2.53. The van der Waals surface area contributed by atoms with E-state index in [1.807, 2.05) is 6.07 Å². The predicted octanol–water partition coefficient (Wildman–Crippen LogP) is 4.25. The summed E-state index contributed by atoms with van der Waals surface area (Å²) in [6, 6.07) is 10.4. The molecule has 2 fully saturated rings. The molecule has 4 atom stereocenters. The van der Waals surface area contributed by atoms with E-state index in [1.54, 1.807) is 0 Å². The molecule has 0 saturated heterocycles. The summed E-state index contributed by atoms with van der Waals surface area (Å²) >= 11 is 3.64. The summed E-state index contributed by atoms with van der Waals surface area (Å²) < 4.78 is 0. The normalized spacial score (nSPS) is 35.2. The van der Waals surface area contributed by atoms with Gasteiger partial charge in [-0.3, -0.25) is 4.79 Å². The van der Waals surface area contributed by atoms with Crippen LogP contribution >= 0.6 is 15.9 Å². The number of carbonyl (C=O) groups is 1. The van der Waals surface area contributed by atoms with Gasteiger partial charge in [0, 0.05) is 16.8 Å². The number of halogens is 1. The Morgan fingerprint density at radius 2 is 2.14 bits per heavy atom. The molecular formula is C18H24BrNO. The first-order valence-electron chi connectivity index (χ1n) is 8.06. The van der Waals surface area contributed by atoms with Crippen LogP contribution in [0, 0.1) is 11.8 Å². The third-order valence-electron chi connectivity index (χ3n) is 5.09. The van der Waals surface area contributed by atoms with Gasteiger partial charge in [0.1, 0.15) is 0 Å². The zero-order chi connectivity index (χ0) is 14.9. The van der Waals surface area contributed by atoms with Crippen molar-refractivity contribution in [2.75, 3.05) is 5.33 Å². The Bertz CT molecular complexity index is 503. The number of hydrogen-bond donors (Lipinski definition) is 1. The SMILES string of the molecule is CC1CCCC(CBr)(NC(=O)C2CC2c2ccccc2)C1. The van der Waals surface area contributed by atoms with E-state index in [1.165, 1.54) is 18.4 Å². The fourth-order valence-electron chi connectivity index (χ4n) is 3.84. The van der Waals surface area contributed by atoms with E-state index in [2.05, 4.69) is 52.4 Å². The van der Waals surface area contributed by atoms with Crippen LogP contribution in [-0.2, 0) is 4.79 Å². The Hall–Kier alpha value is -0.830. The molecule has 0 bridgehead atoms. The molecule has 3 heteroatoms. The summed E-state index contributed by atoms with van der Waals surface area (Å²) in [5, 5.41) is 4.26. The highest BCUT2D eigenvalue weighted by Gasteiger charge is 2.46. The number of rotatable bonds is 4. The highest BCUT2D eigenvalue weighted by molar-refractivity contribution is 9.09. The first-order valence-corrected chi connectivity index (χ1v) is 9.19. The minimum atomic E-state index is -0.0153. The lowest BCUT2D eigenvalue weighted by atomic mass is 9.77. The van der Waals surface area contributed by atoms with Crippen molar-refractivity contribution in [3.8, 4) is 0 Å². The second kappa shape index (κ2) is 6.12. The van der Waals surface area contributed by atoms with Crippen LogP contribution < -0.4 is 5.32 Å². The maximum atomic E-state index is 12.6. The third-order valence-corrected chi connectivity index (χ3v) is 6.16. The van der Waals surface area contributed by atoms with E-state index >= 15 is 0 Å². The predicted molar refractivity (Wildman–Crippen MR) is 89.6 cm³/mol. The van der Waals surface area contributed by atoms with Crippen molar-refractivity contribution in [3.63, 3.8) is 0 Å². The van der Waals surface area contributed by atoms with Gasteiger partial charge in [0.15, 0.2) is 0 Å². The van der Waals surface area contributed by atoms with E-state index in [4.69, 9.17) is 0 Å². The van der Waals surface area contributed by atoms with E-state index < -0.39 is 0 Å². The smallest absolute Gasteiger partial charge is 0.224 e. The van der Waals surface area contributed by atoms with Crippen molar-refractivity contribution in [2.24, 2.45) is 11.8 Å². The zero-order valence-electron chi connectivity index (χ0n) is 12.6. The summed E-state index contributed by atoms with van der Waals surface area (Å²) in [6.45, 7) is 2.30. The van der Waals surface area contributed by atoms with E-state index in [-0.39, 0.29) is 17.4 Å². The van der Waals surface area contributed by atoms with E-state index in [0.717, 1.165) is 24.6 Å². The summed E-state index contributed by atoms with van der Waals surface area (Å²) in [4.78, 5) is 12.6. The molecule has 0 radical (unpaired) electrons. The quantitative estimate of drug-likeness (QED) is 0.808. The molecule has 1 N–H and O–H groups in total. The average molecular weight is 350 g/mol. The van der Waals surface area contributed by atoms with Crippen molar-refractivity contribution >= 4 is 21.8 Å². The largest absolute Gasteiger partial charge is 0.350 e. The van der Waals surface area contributed by atoms with E-state index in [0.29, 0.717) is 11.8 Å². The number of hydrogen-bond acceptors (Lipinski definition) is 1. The van der Waals surface area contributed by atoms with E-state index in [9.17, 15) is 4.79 Å². The Labute approximate surface area is 135 Å². The van der Waals surface area contributed by atoms with Crippen molar-refractivity contribution in [2.45, 2.75) is 50.5 Å². The maximum Gasteiger partial charge on any atom is 0.224 e. The third kappa shape index (κ3) is 3.33. The van der Waals surface area contributed by atoms with Crippen molar-refractivity contribution in [1.82, 2.24) is 5.32 Å². The second-order valence-electron chi connectivity index (χ2n) is 6.96. The van der Waals surface area contributed by atoms with Gasteiger partial charge >= 0.3 is 0 Å². The first kappa shape index (κ1) is 15.1. The summed E-state index contributed by atoms with van der Waals surface area (Å²) in [6.07, 6.45) is 5.73. The molecule has 0 spiro atoms. The summed E-state index contributed by atoms with van der Waals surface area (Å²) in [5.41, 5.74) is 1.29. The van der Waals surface area contributed by atoms with Crippen LogP contribution in [0.3, 0.4) is 0 Å². The molecule has 0 heterocycles. The van der Waals surface area contributed by atoms with Gasteiger partial charge in [-0.2, -0.15) is 0 Å². The lowest BCUT2D eigenvalue weighted by Gasteiger charge is -2.39. The topological polar surface area (TPSA) is 29.1 Å². The summed E-state index contributed by atoms with van der Waals surface area (Å²) in [7, 11) is 0. The average Bonchev–Trinajstić information content (AvgIpc) is 3.29. The van der Waals surface area contributed by atoms with Gasteiger partial charge in [0.05, 0.1) is 0 Å². The minimum absolute atomic E-state index is 0.0153. The molecule has 2 nitrogen and oxygen atoms in total. The molecule has 3 rings (SSSR count). The number of nitrogens with one attached hydrogen (secondary N) is 1. The lowest BCUT2D eigenvalue weighted by molar-refractivity contribution is -0.124. The Balaban J connectivity index is 1.62. The standard InChI is InChI=1S/C18H24BrNO/c1-13-6-5-9-18(11-13,12-19)20-17(21)16-10-15(16)14-7-3-2-4-8-14/h2-4,7-8,13,15-16H,5-6,9-12H2,1H3,(H,20,21). The fourth-order valence-corrected chi connectivity index (χ4v) is 4.49. The van der Waals surface area contributed by atoms with Gasteiger partial charge < -0.3 is 5.32 Å². The van der Waals surface area contributed by atoms with Gasteiger partial charge in [-0.15, -0.1) is 0 Å². The Morgan fingerprint density at radius 1 is 1.38 bits per heavy atom. The molecule has 1 aromatic carbocycles. The second-order valence-corrected chi connectivity index (χ2v) is 7.52.